The van der Waals surface area contributed by atoms with Gasteiger partial charge < -0.3 is 10.6 Å². The van der Waals surface area contributed by atoms with E-state index in [-0.39, 0.29) is 11.8 Å². The van der Waals surface area contributed by atoms with Gasteiger partial charge in [0.1, 0.15) is 6.04 Å². The van der Waals surface area contributed by atoms with E-state index in [4.69, 9.17) is 0 Å². The van der Waals surface area contributed by atoms with E-state index < -0.39 is 6.04 Å². The summed E-state index contributed by atoms with van der Waals surface area (Å²) in [5.41, 5.74) is 0.538. The zero-order valence-corrected chi connectivity index (χ0v) is 9.77. The predicted octanol–water partition coefficient (Wildman–Crippen LogP) is 1.11. The molecule has 0 spiro atoms. The molecule has 2 N–H and O–H groups in total. The van der Waals surface area contributed by atoms with Crippen LogP contribution in [0.4, 0.5) is 0 Å². The molecule has 0 bridgehead atoms. The summed E-state index contributed by atoms with van der Waals surface area (Å²) in [7, 11) is 0. The first-order valence-electron chi connectivity index (χ1n) is 5.39. The summed E-state index contributed by atoms with van der Waals surface area (Å²) in [4.78, 5) is 23.2. The zero-order chi connectivity index (χ0) is 12.7. The lowest BCUT2D eigenvalue weighted by molar-refractivity contribution is -0.122. The molecule has 0 fully saturated rings. The normalized spacial score (nSPS) is 11.4. The Morgan fingerprint density at radius 2 is 2.00 bits per heavy atom. The third-order valence-corrected chi connectivity index (χ3v) is 2.20. The van der Waals surface area contributed by atoms with Crippen molar-refractivity contribution in [2.45, 2.75) is 13.0 Å². The van der Waals surface area contributed by atoms with Crippen LogP contribution in [0.25, 0.3) is 0 Å². The van der Waals surface area contributed by atoms with Crippen molar-refractivity contribution in [2.75, 3.05) is 6.54 Å². The van der Waals surface area contributed by atoms with Gasteiger partial charge in [-0.1, -0.05) is 24.3 Å². The van der Waals surface area contributed by atoms with Gasteiger partial charge in [0.25, 0.3) is 5.91 Å². The van der Waals surface area contributed by atoms with Gasteiger partial charge in [0.05, 0.1) is 0 Å². The van der Waals surface area contributed by atoms with Crippen LogP contribution in [0.3, 0.4) is 0 Å². The highest BCUT2D eigenvalue weighted by Gasteiger charge is 2.15. The van der Waals surface area contributed by atoms with E-state index in [1.807, 2.05) is 6.07 Å². The van der Waals surface area contributed by atoms with E-state index in [9.17, 15) is 9.59 Å². The smallest absolute Gasteiger partial charge is 0.251 e. The number of amides is 2. The Morgan fingerprint density at radius 3 is 2.59 bits per heavy atom. The van der Waals surface area contributed by atoms with Gasteiger partial charge in [0.2, 0.25) is 5.91 Å². The van der Waals surface area contributed by atoms with Gasteiger partial charge in [0.15, 0.2) is 0 Å². The van der Waals surface area contributed by atoms with Gasteiger partial charge >= 0.3 is 0 Å². The molecule has 1 atom stereocenters. The SMILES string of the molecule is C=CCNC(=O)C(C)NC(=O)c1ccccc1. The number of carbonyl (C=O) groups is 2. The molecule has 0 aliphatic rings. The molecule has 0 heterocycles. The molecule has 1 aromatic carbocycles. The summed E-state index contributed by atoms with van der Waals surface area (Å²) in [5, 5.41) is 5.24. The van der Waals surface area contributed by atoms with Crippen LogP contribution in [0.2, 0.25) is 0 Å². The summed E-state index contributed by atoms with van der Waals surface area (Å²) >= 11 is 0. The van der Waals surface area contributed by atoms with E-state index in [0.717, 1.165) is 0 Å². The fraction of sp³-hybridized carbons (Fsp3) is 0.231. The Morgan fingerprint density at radius 1 is 1.35 bits per heavy atom. The highest BCUT2D eigenvalue weighted by atomic mass is 16.2. The first kappa shape index (κ1) is 13.0. The second-order valence-corrected chi connectivity index (χ2v) is 3.60. The monoisotopic (exact) mass is 232 g/mol. The molecule has 2 amide bonds. The number of rotatable bonds is 5. The Hall–Kier alpha value is -2.10. The number of benzene rings is 1. The minimum Gasteiger partial charge on any atom is -0.351 e. The lowest BCUT2D eigenvalue weighted by Crippen LogP contribution is -2.44. The van der Waals surface area contributed by atoms with Gasteiger partial charge in [-0.25, -0.2) is 0 Å². The van der Waals surface area contributed by atoms with Crippen LogP contribution in [-0.2, 0) is 4.79 Å². The van der Waals surface area contributed by atoms with Crippen molar-refractivity contribution >= 4 is 11.8 Å². The molecule has 1 rings (SSSR count). The highest BCUT2D eigenvalue weighted by molar-refractivity contribution is 5.97. The molecular formula is C13H16N2O2. The van der Waals surface area contributed by atoms with Crippen molar-refractivity contribution in [1.29, 1.82) is 0 Å². The quantitative estimate of drug-likeness (QED) is 0.747. The molecule has 4 nitrogen and oxygen atoms in total. The lowest BCUT2D eigenvalue weighted by Gasteiger charge is -2.13. The third-order valence-electron chi connectivity index (χ3n) is 2.20. The Kier molecular flexibility index (Phi) is 4.94. The molecule has 1 aromatic rings. The fourth-order valence-electron chi connectivity index (χ4n) is 1.26. The minimum atomic E-state index is -0.567. The van der Waals surface area contributed by atoms with Gasteiger partial charge in [-0.3, -0.25) is 9.59 Å². The van der Waals surface area contributed by atoms with Crippen LogP contribution >= 0.6 is 0 Å². The highest BCUT2D eigenvalue weighted by Crippen LogP contribution is 1.98. The second-order valence-electron chi connectivity index (χ2n) is 3.60. The largest absolute Gasteiger partial charge is 0.351 e. The molecule has 0 aliphatic heterocycles. The van der Waals surface area contributed by atoms with Gasteiger partial charge in [-0.2, -0.15) is 0 Å². The topological polar surface area (TPSA) is 58.2 Å². The van der Waals surface area contributed by atoms with E-state index in [1.54, 1.807) is 37.3 Å². The maximum absolute atomic E-state index is 11.7. The summed E-state index contributed by atoms with van der Waals surface area (Å²) in [5.74, 6) is -0.485. The lowest BCUT2D eigenvalue weighted by atomic mass is 10.2. The molecule has 0 aliphatic carbocycles. The Labute approximate surface area is 101 Å². The van der Waals surface area contributed by atoms with E-state index in [1.165, 1.54) is 0 Å². The third kappa shape index (κ3) is 4.10. The van der Waals surface area contributed by atoms with Crippen LogP contribution in [0.15, 0.2) is 43.0 Å². The van der Waals surface area contributed by atoms with Crippen molar-refractivity contribution in [1.82, 2.24) is 10.6 Å². The van der Waals surface area contributed by atoms with Gasteiger partial charge in [-0.05, 0) is 19.1 Å². The molecule has 4 heteroatoms. The first-order valence-corrected chi connectivity index (χ1v) is 5.39. The van der Waals surface area contributed by atoms with Crippen LogP contribution in [0, 0.1) is 0 Å². The van der Waals surface area contributed by atoms with E-state index in [2.05, 4.69) is 17.2 Å². The van der Waals surface area contributed by atoms with E-state index in [0.29, 0.717) is 12.1 Å². The maximum atomic E-state index is 11.7. The molecule has 90 valence electrons. The van der Waals surface area contributed by atoms with E-state index >= 15 is 0 Å². The first-order chi connectivity index (χ1) is 8.15. The molecule has 0 saturated carbocycles. The Balaban J connectivity index is 2.51. The van der Waals surface area contributed by atoms with Crippen molar-refractivity contribution < 1.29 is 9.59 Å². The number of carbonyl (C=O) groups excluding carboxylic acids is 2. The summed E-state index contributed by atoms with van der Waals surface area (Å²) in [6, 6.07) is 8.21. The summed E-state index contributed by atoms with van der Waals surface area (Å²) < 4.78 is 0. The minimum absolute atomic E-state index is 0.228. The average molecular weight is 232 g/mol. The molecule has 0 aromatic heterocycles. The van der Waals surface area contributed by atoms with Crippen LogP contribution in [0.1, 0.15) is 17.3 Å². The number of hydrogen-bond donors (Lipinski definition) is 2. The van der Waals surface area contributed by atoms with Crippen LogP contribution in [-0.4, -0.2) is 24.4 Å². The Bertz CT molecular complexity index is 401. The molecular weight excluding hydrogens is 216 g/mol. The zero-order valence-electron chi connectivity index (χ0n) is 9.77. The molecule has 1 unspecified atom stereocenters. The fourth-order valence-corrected chi connectivity index (χ4v) is 1.26. The van der Waals surface area contributed by atoms with Crippen molar-refractivity contribution in [3.8, 4) is 0 Å². The average Bonchev–Trinajstić information content (AvgIpc) is 2.36. The van der Waals surface area contributed by atoms with Crippen molar-refractivity contribution in [3.63, 3.8) is 0 Å². The van der Waals surface area contributed by atoms with Crippen LogP contribution < -0.4 is 10.6 Å². The van der Waals surface area contributed by atoms with Crippen molar-refractivity contribution in [2.24, 2.45) is 0 Å². The van der Waals surface area contributed by atoms with Crippen molar-refractivity contribution in [3.05, 3.63) is 48.6 Å². The molecule has 0 saturated heterocycles. The standard InChI is InChI=1S/C13H16N2O2/c1-3-9-14-12(16)10(2)15-13(17)11-7-5-4-6-8-11/h3-8,10H,1,9H2,2H3,(H,14,16)(H,15,17). The predicted molar refractivity (Wildman–Crippen MR) is 66.6 cm³/mol. The number of nitrogens with one attached hydrogen (secondary N) is 2. The number of hydrogen-bond acceptors (Lipinski definition) is 2. The van der Waals surface area contributed by atoms with Gasteiger partial charge in [0, 0.05) is 12.1 Å². The summed E-state index contributed by atoms with van der Waals surface area (Å²) in [6.07, 6.45) is 1.59. The van der Waals surface area contributed by atoms with Crippen LogP contribution in [0.5, 0.6) is 0 Å². The maximum Gasteiger partial charge on any atom is 0.251 e. The molecule has 0 radical (unpaired) electrons. The van der Waals surface area contributed by atoms with Gasteiger partial charge in [-0.15, -0.1) is 6.58 Å². The second kappa shape index (κ2) is 6.48. The molecule has 17 heavy (non-hydrogen) atoms. The summed E-state index contributed by atoms with van der Waals surface area (Å²) in [6.45, 7) is 5.53.